The van der Waals surface area contributed by atoms with E-state index in [0.717, 1.165) is 6.26 Å². The molecule has 0 radical (unpaired) electrons. The number of nitrogens with zero attached hydrogens (tertiary/aromatic N) is 2. The number of amides is 1. The number of carbonyl (C=O) groups excluding carboxylic acids is 1. The summed E-state index contributed by atoms with van der Waals surface area (Å²) >= 11 is 0. The second kappa shape index (κ2) is 7.40. The van der Waals surface area contributed by atoms with Crippen molar-refractivity contribution in [2.24, 2.45) is 0 Å². The summed E-state index contributed by atoms with van der Waals surface area (Å²) in [6, 6.07) is 3.32. The van der Waals surface area contributed by atoms with E-state index in [1.165, 1.54) is 4.31 Å². The van der Waals surface area contributed by atoms with E-state index in [-0.39, 0.29) is 19.0 Å². The van der Waals surface area contributed by atoms with Crippen LogP contribution in [0.4, 0.5) is 0 Å². The van der Waals surface area contributed by atoms with Gasteiger partial charge < -0.3 is 14.7 Å². The second-order valence-corrected chi connectivity index (χ2v) is 8.06. The summed E-state index contributed by atoms with van der Waals surface area (Å²) in [6.07, 6.45) is 1.16. The van der Waals surface area contributed by atoms with Crippen molar-refractivity contribution in [3.8, 4) is 5.75 Å². The van der Waals surface area contributed by atoms with Crippen molar-refractivity contribution in [1.82, 2.24) is 9.21 Å². The lowest BCUT2D eigenvalue weighted by atomic mass is 10.0. The number of carboxylic acids is 1. The van der Waals surface area contributed by atoms with Crippen molar-refractivity contribution in [3.63, 3.8) is 0 Å². The molecule has 2 rings (SSSR count). The molecule has 1 N–H and O–H groups in total. The Labute approximate surface area is 147 Å². The minimum Gasteiger partial charge on any atom is -0.481 e. The van der Waals surface area contributed by atoms with Gasteiger partial charge in [-0.05, 0) is 37.1 Å². The predicted octanol–water partition coefficient (Wildman–Crippen LogP) is 0.484. The fraction of sp³-hybridized carbons (Fsp3) is 0.500. The van der Waals surface area contributed by atoms with E-state index < -0.39 is 22.6 Å². The highest BCUT2D eigenvalue weighted by molar-refractivity contribution is 7.88. The Balaban J connectivity index is 2.11. The van der Waals surface area contributed by atoms with E-state index in [0.29, 0.717) is 35.5 Å². The summed E-state index contributed by atoms with van der Waals surface area (Å²) in [5.74, 6) is -0.785. The predicted molar refractivity (Wildman–Crippen MR) is 91.4 cm³/mol. The third-order valence-corrected chi connectivity index (χ3v) is 5.35. The summed E-state index contributed by atoms with van der Waals surface area (Å²) in [7, 11) is -3.24. The van der Waals surface area contributed by atoms with Gasteiger partial charge in [-0.25, -0.2) is 13.2 Å². The highest BCUT2D eigenvalue weighted by atomic mass is 32.2. The number of hydrogen-bond acceptors (Lipinski definition) is 5. The Kier molecular flexibility index (Phi) is 5.69. The molecule has 0 atom stereocenters. The zero-order valence-corrected chi connectivity index (χ0v) is 15.3. The third kappa shape index (κ3) is 4.70. The van der Waals surface area contributed by atoms with Crippen LogP contribution in [0.25, 0.3) is 0 Å². The minimum atomic E-state index is -3.24. The first-order valence-electron chi connectivity index (χ1n) is 7.80. The molecule has 0 unspecified atom stereocenters. The zero-order chi connectivity index (χ0) is 18.8. The van der Waals surface area contributed by atoms with Crippen LogP contribution in [-0.2, 0) is 14.8 Å². The number of benzene rings is 1. The molecule has 1 aliphatic rings. The standard InChI is InChI=1S/C16H22N2O6S/c1-11-8-13(9-12(2)15(11)24-10-14(19)20)16(21)17-4-6-18(7-5-17)25(3,22)23/h8-9H,4-7,10H2,1-3H3,(H,19,20). The average Bonchev–Trinajstić information content (AvgIpc) is 2.52. The van der Waals surface area contributed by atoms with Gasteiger partial charge in [0.1, 0.15) is 5.75 Å². The van der Waals surface area contributed by atoms with E-state index in [2.05, 4.69) is 0 Å². The summed E-state index contributed by atoms with van der Waals surface area (Å²) in [5.41, 5.74) is 1.84. The molecule has 25 heavy (non-hydrogen) atoms. The molecule has 1 fully saturated rings. The van der Waals surface area contributed by atoms with E-state index >= 15 is 0 Å². The van der Waals surface area contributed by atoms with Gasteiger partial charge in [0.05, 0.1) is 6.26 Å². The van der Waals surface area contributed by atoms with Gasteiger partial charge in [0.25, 0.3) is 5.91 Å². The third-order valence-electron chi connectivity index (χ3n) is 4.04. The first kappa shape index (κ1) is 19.2. The van der Waals surface area contributed by atoms with Crippen molar-refractivity contribution >= 4 is 21.9 Å². The van der Waals surface area contributed by atoms with Crippen molar-refractivity contribution in [3.05, 3.63) is 28.8 Å². The van der Waals surface area contributed by atoms with E-state index in [1.54, 1.807) is 30.9 Å². The van der Waals surface area contributed by atoms with Gasteiger partial charge in [0, 0.05) is 31.7 Å². The summed E-state index contributed by atoms with van der Waals surface area (Å²) < 4.78 is 29.7. The van der Waals surface area contributed by atoms with Crippen molar-refractivity contribution in [2.45, 2.75) is 13.8 Å². The normalized spacial score (nSPS) is 15.9. The van der Waals surface area contributed by atoms with Crippen LogP contribution in [0.1, 0.15) is 21.5 Å². The number of ether oxygens (including phenoxy) is 1. The number of aliphatic carboxylic acids is 1. The maximum Gasteiger partial charge on any atom is 0.341 e. The Morgan fingerprint density at radius 3 is 2.08 bits per heavy atom. The molecule has 0 aromatic heterocycles. The first-order valence-corrected chi connectivity index (χ1v) is 9.64. The Bertz CT molecular complexity index is 759. The highest BCUT2D eigenvalue weighted by Gasteiger charge is 2.27. The fourth-order valence-electron chi connectivity index (χ4n) is 2.84. The van der Waals surface area contributed by atoms with Crippen LogP contribution in [0.5, 0.6) is 5.75 Å². The first-order chi connectivity index (χ1) is 11.6. The van der Waals surface area contributed by atoms with Crippen molar-refractivity contribution < 1.29 is 27.9 Å². The van der Waals surface area contributed by atoms with Crippen molar-refractivity contribution in [1.29, 1.82) is 0 Å². The van der Waals surface area contributed by atoms with Crippen LogP contribution in [0.15, 0.2) is 12.1 Å². The Morgan fingerprint density at radius 1 is 1.12 bits per heavy atom. The number of carboxylic acid groups (broad SMARTS) is 1. The molecule has 138 valence electrons. The highest BCUT2D eigenvalue weighted by Crippen LogP contribution is 2.25. The summed E-state index contributed by atoms with van der Waals surface area (Å²) in [6.45, 7) is 4.29. The van der Waals surface area contributed by atoms with Gasteiger partial charge in [-0.3, -0.25) is 4.79 Å². The van der Waals surface area contributed by atoms with Crippen LogP contribution in [0.3, 0.4) is 0 Å². The zero-order valence-electron chi connectivity index (χ0n) is 14.5. The average molecular weight is 370 g/mol. The molecule has 0 saturated carbocycles. The molecule has 1 aliphatic heterocycles. The molecule has 0 aliphatic carbocycles. The largest absolute Gasteiger partial charge is 0.481 e. The van der Waals surface area contributed by atoms with Crippen LogP contribution < -0.4 is 4.74 Å². The van der Waals surface area contributed by atoms with Gasteiger partial charge >= 0.3 is 5.97 Å². The maximum absolute atomic E-state index is 12.7. The van der Waals surface area contributed by atoms with E-state index in [1.807, 2.05) is 0 Å². The van der Waals surface area contributed by atoms with Crippen LogP contribution >= 0.6 is 0 Å². The Hall–Kier alpha value is -2.13. The number of rotatable bonds is 5. The van der Waals surface area contributed by atoms with Crippen LogP contribution in [0.2, 0.25) is 0 Å². The lowest BCUT2D eigenvalue weighted by molar-refractivity contribution is -0.139. The molecule has 1 aromatic carbocycles. The molecule has 0 spiro atoms. The van der Waals surface area contributed by atoms with Crippen molar-refractivity contribution in [2.75, 3.05) is 39.0 Å². The number of carbonyl (C=O) groups is 2. The van der Waals surface area contributed by atoms with E-state index in [4.69, 9.17) is 9.84 Å². The number of hydrogen-bond donors (Lipinski definition) is 1. The molecular formula is C16H22N2O6S. The minimum absolute atomic E-state index is 0.177. The van der Waals surface area contributed by atoms with E-state index in [9.17, 15) is 18.0 Å². The monoisotopic (exact) mass is 370 g/mol. The van der Waals surface area contributed by atoms with Gasteiger partial charge in [-0.2, -0.15) is 4.31 Å². The van der Waals surface area contributed by atoms with Crippen LogP contribution in [-0.4, -0.2) is 73.6 Å². The van der Waals surface area contributed by atoms with Gasteiger partial charge in [-0.15, -0.1) is 0 Å². The van der Waals surface area contributed by atoms with Gasteiger partial charge in [0.2, 0.25) is 10.0 Å². The molecule has 1 heterocycles. The smallest absolute Gasteiger partial charge is 0.341 e. The number of piperazine rings is 1. The molecule has 9 heteroatoms. The lowest BCUT2D eigenvalue weighted by Crippen LogP contribution is -2.50. The Morgan fingerprint density at radius 2 is 1.64 bits per heavy atom. The van der Waals surface area contributed by atoms with Gasteiger partial charge in [-0.1, -0.05) is 0 Å². The molecule has 1 saturated heterocycles. The fourth-order valence-corrected chi connectivity index (χ4v) is 3.67. The summed E-state index contributed by atoms with van der Waals surface area (Å²) in [4.78, 5) is 24.9. The number of sulfonamides is 1. The van der Waals surface area contributed by atoms with Gasteiger partial charge in [0.15, 0.2) is 6.61 Å². The molecule has 1 aromatic rings. The summed E-state index contributed by atoms with van der Waals surface area (Å²) in [5, 5.41) is 8.72. The quantitative estimate of drug-likeness (QED) is 0.809. The topological polar surface area (TPSA) is 104 Å². The lowest BCUT2D eigenvalue weighted by Gasteiger charge is -2.33. The number of aryl methyl sites for hydroxylation is 2. The molecule has 8 nitrogen and oxygen atoms in total. The molecule has 0 bridgehead atoms. The molecular weight excluding hydrogens is 348 g/mol. The van der Waals surface area contributed by atoms with Crippen LogP contribution in [0, 0.1) is 13.8 Å². The second-order valence-electron chi connectivity index (χ2n) is 6.08. The maximum atomic E-state index is 12.7. The molecule has 1 amide bonds. The SMILES string of the molecule is Cc1cc(C(=O)N2CCN(S(C)(=O)=O)CC2)cc(C)c1OCC(=O)O.